The summed E-state index contributed by atoms with van der Waals surface area (Å²) < 4.78 is 3.84. The highest BCUT2D eigenvalue weighted by atomic mass is 28.4. The van der Waals surface area contributed by atoms with E-state index in [0.717, 1.165) is 11.1 Å². The van der Waals surface area contributed by atoms with Crippen LogP contribution in [0.2, 0.25) is 12.1 Å². The van der Waals surface area contributed by atoms with Gasteiger partial charge >= 0.3 is 17.6 Å². The lowest BCUT2D eigenvalue weighted by atomic mass is 10.1. The van der Waals surface area contributed by atoms with Crippen LogP contribution in [0.5, 0.6) is 0 Å². The van der Waals surface area contributed by atoms with Crippen LogP contribution in [0, 0.1) is 0 Å². The van der Waals surface area contributed by atoms with Crippen molar-refractivity contribution in [3.05, 3.63) is 49.1 Å². The van der Waals surface area contributed by atoms with Crippen LogP contribution in [0.25, 0.3) is 11.1 Å². The van der Waals surface area contributed by atoms with E-state index in [1.165, 1.54) is 0 Å². The first kappa shape index (κ1) is 20.8. The van der Waals surface area contributed by atoms with E-state index in [1.54, 1.807) is 0 Å². The van der Waals surface area contributed by atoms with E-state index in [2.05, 4.69) is 0 Å². The molecule has 0 aliphatic carbocycles. The summed E-state index contributed by atoms with van der Waals surface area (Å²) in [6.45, 7) is 1.19. The summed E-state index contributed by atoms with van der Waals surface area (Å²) in [4.78, 5) is 54.0. The summed E-state index contributed by atoms with van der Waals surface area (Å²) in [5.74, 6) is 0. The fourth-order valence-corrected chi connectivity index (χ4v) is 3.86. The van der Waals surface area contributed by atoms with Crippen molar-refractivity contribution in [2.24, 2.45) is 0 Å². The summed E-state index contributed by atoms with van der Waals surface area (Å²) in [5.41, 5.74) is 2.08. The maximum absolute atomic E-state index is 9.01. The lowest BCUT2D eigenvalue weighted by Crippen LogP contribution is -2.38. The Morgan fingerprint density at radius 2 is 0.885 bits per heavy atom. The molecule has 0 unspecified atom stereocenters. The molecule has 142 valence electrons. The molecule has 2 aromatic rings. The van der Waals surface area contributed by atoms with Gasteiger partial charge in [0, 0.05) is 49.2 Å². The Labute approximate surface area is 154 Å². The Morgan fingerprint density at radius 3 is 1.15 bits per heavy atom. The van der Waals surface area contributed by atoms with Crippen LogP contribution < -0.4 is 9.13 Å². The van der Waals surface area contributed by atoms with Gasteiger partial charge in [0.1, 0.15) is 13.1 Å². The molecule has 0 amide bonds. The van der Waals surface area contributed by atoms with Crippen LogP contribution in [0.15, 0.2) is 49.1 Å². The van der Waals surface area contributed by atoms with E-state index in [9.17, 15) is 0 Å². The minimum absolute atomic E-state index is 0.0207. The summed E-state index contributed by atoms with van der Waals surface area (Å²) in [5, 5.41) is 0. The highest BCUT2D eigenvalue weighted by Gasteiger charge is 2.27. The van der Waals surface area contributed by atoms with Gasteiger partial charge in [-0.05, 0) is 11.1 Å². The quantitative estimate of drug-likeness (QED) is 0.226. The second kappa shape index (κ2) is 8.93. The monoisotopic (exact) mass is 398 g/mol. The SMILES string of the molecule is O[Si](O)(O)CCC[n+]1ccc(-c2cc[n+](CCC[Si](O)(O)O)cc2)cc1. The molecule has 2 rings (SSSR count). The molecule has 6 N–H and O–H groups in total. The Morgan fingerprint density at radius 1 is 0.577 bits per heavy atom. The number of hydrogen-bond donors (Lipinski definition) is 6. The molecular weight excluding hydrogens is 372 g/mol. The molecule has 2 heterocycles. The Hall–Kier alpha value is -1.51. The smallest absolute Gasteiger partial charge is 0.390 e. The second-order valence-electron chi connectivity index (χ2n) is 6.41. The number of rotatable bonds is 9. The van der Waals surface area contributed by atoms with E-state index in [1.807, 2.05) is 58.2 Å². The minimum Gasteiger partial charge on any atom is -0.390 e. The van der Waals surface area contributed by atoms with Gasteiger partial charge in [-0.1, -0.05) is 0 Å². The van der Waals surface area contributed by atoms with Gasteiger partial charge in [-0.3, -0.25) is 0 Å². The molecule has 0 saturated carbocycles. The summed E-state index contributed by atoms with van der Waals surface area (Å²) in [6, 6.07) is 7.89. The molecule has 0 radical (unpaired) electrons. The first-order valence-corrected chi connectivity index (χ1v) is 12.5. The summed E-state index contributed by atoms with van der Waals surface area (Å²) >= 11 is 0. The topological polar surface area (TPSA) is 129 Å². The first-order chi connectivity index (χ1) is 12.1. The highest BCUT2D eigenvalue weighted by Crippen LogP contribution is 2.15. The van der Waals surface area contributed by atoms with Crippen molar-refractivity contribution in [1.29, 1.82) is 0 Å². The van der Waals surface area contributed by atoms with Gasteiger partial charge < -0.3 is 28.8 Å². The predicted octanol–water partition coefficient (Wildman–Crippen LogP) is -1.46. The molecule has 0 saturated heterocycles. The standard InChI is InChI=1S/C16H26N2O6Si2/c19-25(20,21)13-1-7-17-9-3-15(4-10-17)16-5-11-18(12-6-16)8-2-14-26(22,23)24/h3-6,9-12,19-24H,1-2,7-8,13-14H2/q+2. The van der Waals surface area contributed by atoms with E-state index in [0.29, 0.717) is 25.9 Å². The third-order valence-corrected chi connectivity index (χ3v) is 6.02. The fourth-order valence-electron chi connectivity index (χ4n) is 2.60. The van der Waals surface area contributed by atoms with Crippen molar-refractivity contribution in [1.82, 2.24) is 0 Å². The van der Waals surface area contributed by atoms with Crippen molar-refractivity contribution < 1.29 is 37.9 Å². The lowest BCUT2D eigenvalue weighted by molar-refractivity contribution is -0.697. The van der Waals surface area contributed by atoms with Crippen molar-refractivity contribution >= 4 is 17.6 Å². The highest BCUT2D eigenvalue weighted by molar-refractivity contribution is 6.56. The molecule has 0 bridgehead atoms. The maximum atomic E-state index is 9.01. The average molecular weight is 399 g/mol. The number of pyridine rings is 2. The number of aryl methyl sites for hydroxylation is 2. The third kappa shape index (κ3) is 7.80. The molecule has 0 atom stereocenters. The van der Waals surface area contributed by atoms with Gasteiger partial charge in [-0.25, -0.2) is 9.13 Å². The number of aromatic nitrogens is 2. The number of hydrogen-bond acceptors (Lipinski definition) is 6. The van der Waals surface area contributed by atoms with Gasteiger partial charge in [0.15, 0.2) is 24.8 Å². The zero-order valence-electron chi connectivity index (χ0n) is 14.4. The zero-order chi connectivity index (χ0) is 19.2. The molecule has 2 aromatic heterocycles. The van der Waals surface area contributed by atoms with Crippen molar-refractivity contribution in [2.75, 3.05) is 0 Å². The van der Waals surface area contributed by atoms with Crippen LogP contribution >= 0.6 is 0 Å². The number of nitrogens with zero attached hydrogens (tertiary/aromatic N) is 2. The molecule has 0 aromatic carbocycles. The lowest BCUT2D eigenvalue weighted by Gasteiger charge is -2.07. The second-order valence-corrected chi connectivity index (χ2v) is 10.5. The van der Waals surface area contributed by atoms with E-state index >= 15 is 0 Å². The van der Waals surface area contributed by atoms with Gasteiger partial charge in [0.2, 0.25) is 0 Å². The van der Waals surface area contributed by atoms with Crippen LogP contribution in [-0.2, 0) is 13.1 Å². The summed E-state index contributed by atoms with van der Waals surface area (Å²) in [7, 11) is -7.91. The molecule has 0 aliphatic rings. The molecule has 26 heavy (non-hydrogen) atoms. The summed E-state index contributed by atoms with van der Waals surface area (Å²) in [6.07, 6.45) is 8.59. The van der Waals surface area contributed by atoms with Gasteiger partial charge in [-0.15, -0.1) is 0 Å². The van der Waals surface area contributed by atoms with Crippen molar-refractivity contribution in [3.63, 3.8) is 0 Å². The van der Waals surface area contributed by atoms with E-state index in [-0.39, 0.29) is 12.1 Å². The fraction of sp³-hybridized carbons (Fsp3) is 0.375. The maximum Gasteiger partial charge on any atom is 0.492 e. The molecule has 0 aliphatic heterocycles. The molecule has 8 nitrogen and oxygen atoms in total. The van der Waals surface area contributed by atoms with E-state index in [4.69, 9.17) is 28.8 Å². The van der Waals surface area contributed by atoms with Crippen LogP contribution in [0.1, 0.15) is 12.8 Å². The molecule has 0 fully saturated rings. The molecule has 10 heteroatoms. The van der Waals surface area contributed by atoms with Crippen LogP contribution in [0.4, 0.5) is 0 Å². The van der Waals surface area contributed by atoms with Gasteiger partial charge in [-0.2, -0.15) is 0 Å². The van der Waals surface area contributed by atoms with Crippen molar-refractivity contribution in [2.45, 2.75) is 38.0 Å². The Bertz CT molecular complexity index is 622. The largest absolute Gasteiger partial charge is 0.492 e. The Balaban J connectivity index is 1.88. The molecule has 0 spiro atoms. The average Bonchev–Trinajstić information content (AvgIpc) is 2.54. The van der Waals surface area contributed by atoms with Gasteiger partial charge in [0.05, 0.1) is 0 Å². The normalized spacial score (nSPS) is 12.4. The van der Waals surface area contributed by atoms with Crippen LogP contribution in [-0.4, -0.2) is 46.4 Å². The minimum atomic E-state index is -3.96. The van der Waals surface area contributed by atoms with E-state index < -0.39 is 17.6 Å². The predicted molar refractivity (Wildman–Crippen MR) is 95.9 cm³/mol. The first-order valence-electron chi connectivity index (χ1n) is 8.45. The Kier molecular flexibility index (Phi) is 7.14. The molecular formula is C16H26N2O6Si2+2. The zero-order valence-corrected chi connectivity index (χ0v) is 16.4. The van der Waals surface area contributed by atoms with Crippen LogP contribution in [0.3, 0.4) is 0 Å². The van der Waals surface area contributed by atoms with Gasteiger partial charge in [0.25, 0.3) is 0 Å². The third-order valence-electron chi connectivity index (χ3n) is 3.97. The van der Waals surface area contributed by atoms with Crippen molar-refractivity contribution in [3.8, 4) is 11.1 Å².